The minimum absolute atomic E-state index is 0.597. The summed E-state index contributed by atoms with van der Waals surface area (Å²) in [5, 5.41) is 10.3. The molecule has 4 aromatic rings. The number of hydrogen-bond donors (Lipinski definition) is 1. The van der Waals surface area contributed by atoms with Crippen molar-refractivity contribution in [3.63, 3.8) is 0 Å². The zero-order valence-corrected chi connectivity index (χ0v) is 14.3. The third-order valence-electron chi connectivity index (χ3n) is 4.54. The van der Waals surface area contributed by atoms with Crippen LogP contribution in [-0.4, -0.2) is 14.5 Å². The number of aryl methyl sites for hydroxylation is 1. The quantitative estimate of drug-likeness (QED) is 0.573. The minimum Gasteiger partial charge on any atom is -0.387 e. The second kappa shape index (κ2) is 6.19. The zero-order valence-electron chi connectivity index (χ0n) is 14.3. The van der Waals surface area contributed by atoms with Crippen LogP contribution in [0.3, 0.4) is 0 Å². The molecule has 0 aliphatic heterocycles. The molecule has 0 saturated heterocycles. The van der Waals surface area contributed by atoms with Gasteiger partial charge in [0.1, 0.15) is 5.65 Å². The standard InChI is InChI=1S/C22H20N2O/c1-15-7-6-14-24-21(16(2)25)20(23-22(15)24)19-12-10-18(11-13-19)17-8-4-3-5-9-17/h3-14,16,25H,1-2H3. The first-order valence-corrected chi connectivity index (χ1v) is 8.46. The van der Waals surface area contributed by atoms with Crippen molar-refractivity contribution in [2.24, 2.45) is 0 Å². The topological polar surface area (TPSA) is 37.5 Å². The minimum atomic E-state index is -0.597. The molecule has 0 bridgehead atoms. The Balaban J connectivity index is 1.84. The summed E-state index contributed by atoms with van der Waals surface area (Å²) >= 11 is 0. The number of pyridine rings is 1. The molecule has 2 aromatic heterocycles. The van der Waals surface area contributed by atoms with Gasteiger partial charge in [-0.1, -0.05) is 60.7 Å². The van der Waals surface area contributed by atoms with Crippen LogP contribution in [0.25, 0.3) is 28.0 Å². The Morgan fingerprint density at radius 1 is 0.840 bits per heavy atom. The van der Waals surface area contributed by atoms with Crippen LogP contribution in [0.4, 0.5) is 0 Å². The van der Waals surface area contributed by atoms with Gasteiger partial charge in [-0.2, -0.15) is 0 Å². The first kappa shape index (κ1) is 15.6. The molecule has 1 atom stereocenters. The molecule has 4 rings (SSSR count). The van der Waals surface area contributed by atoms with Gasteiger partial charge in [0.05, 0.1) is 17.5 Å². The fourth-order valence-corrected chi connectivity index (χ4v) is 3.29. The van der Waals surface area contributed by atoms with Crippen molar-refractivity contribution >= 4 is 5.65 Å². The fraction of sp³-hybridized carbons (Fsp3) is 0.136. The summed E-state index contributed by atoms with van der Waals surface area (Å²) < 4.78 is 1.99. The maximum absolute atomic E-state index is 10.3. The molecule has 1 unspecified atom stereocenters. The van der Waals surface area contributed by atoms with Gasteiger partial charge < -0.3 is 9.51 Å². The monoisotopic (exact) mass is 328 g/mol. The Kier molecular flexibility index (Phi) is 3.86. The SMILES string of the molecule is Cc1cccn2c(C(C)O)c(-c3ccc(-c4ccccc4)cc3)nc12. The lowest BCUT2D eigenvalue weighted by atomic mass is 10.0. The highest BCUT2D eigenvalue weighted by Gasteiger charge is 2.18. The zero-order chi connectivity index (χ0) is 17.4. The van der Waals surface area contributed by atoms with Crippen LogP contribution in [0.15, 0.2) is 72.9 Å². The van der Waals surface area contributed by atoms with Gasteiger partial charge in [-0.05, 0) is 36.6 Å². The Morgan fingerprint density at radius 2 is 1.48 bits per heavy atom. The smallest absolute Gasteiger partial charge is 0.140 e. The van der Waals surface area contributed by atoms with E-state index in [9.17, 15) is 5.11 Å². The van der Waals surface area contributed by atoms with E-state index in [4.69, 9.17) is 4.98 Å². The van der Waals surface area contributed by atoms with E-state index in [2.05, 4.69) is 36.4 Å². The number of aliphatic hydroxyl groups excluding tert-OH is 1. The average Bonchev–Trinajstić information content (AvgIpc) is 3.04. The van der Waals surface area contributed by atoms with Crippen molar-refractivity contribution in [3.8, 4) is 22.4 Å². The number of nitrogens with zero attached hydrogens (tertiary/aromatic N) is 2. The van der Waals surface area contributed by atoms with Crippen molar-refractivity contribution in [3.05, 3.63) is 84.2 Å². The first-order chi connectivity index (χ1) is 12.1. The molecule has 1 N–H and O–H groups in total. The summed E-state index contributed by atoms with van der Waals surface area (Å²) in [4.78, 5) is 4.81. The summed E-state index contributed by atoms with van der Waals surface area (Å²) in [5.41, 5.74) is 7.02. The van der Waals surface area contributed by atoms with E-state index >= 15 is 0 Å². The molecule has 3 heteroatoms. The van der Waals surface area contributed by atoms with Gasteiger partial charge >= 0.3 is 0 Å². The summed E-state index contributed by atoms with van der Waals surface area (Å²) in [6, 6.07) is 22.7. The predicted molar refractivity (Wildman–Crippen MR) is 101 cm³/mol. The van der Waals surface area contributed by atoms with Gasteiger partial charge in [-0.15, -0.1) is 0 Å². The molecular formula is C22H20N2O. The Hall–Kier alpha value is -2.91. The molecular weight excluding hydrogens is 308 g/mol. The molecule has 25 heavy (non-hydrogen) atoms. The number of aliphatic hydroxyl groups is 1. The summed E-state index contributed by atoms with van der Waals surface area (Å²) in [5.74, 6) is 0. The molecule has 0 aliphatic rings. The maximum atomic E-state index is 10.3. The van der Waals surface area contributed by atoms with Gasteiger partial charge in [0.15, 0.2) is 0 Å². The van der Waals surface area contributed by atoms with Crippen LogP contribution >= 0.6 is 0 Å². The molecule has 0 aliphatic carbocycles. The Morgan fingerprint density at radius 3 is 2.16 bits per heavy atom. The predicted octanol–water partition coefficient (Wildman–Crippen LogP) is 5.03. The normalized spacial score (nSPS) is 12.4. The van der Waals surface area contributed by atoms with E-state index in [-0.39, 0.29) is 0 Å². The molecule has 0 saturated carbocycles. The lowest BCUT2D eigenvalue weighted by Gasteiger charge is -2.09. The largest absolute Gasteiger partial charge is 0.387 e. The Bertz CT molecular complexity index is 1020. The first-order valence-electron chi connectivity index (χ1n) is 8.46. The van der Waals surface area contributed by atoms with Crippen molar-refractivity contribution in [1.82, 2.24) is 9.38 Å². The molecule has 0 amide bonds. The number of rotatable bonds is 3. The van der Waals surface area contributed by atoms with E-state index in [0.29, 0.717) is 0 Å². The van der Waals surface area contributed by atoms with Crippen LogP contribution in [0.5, 0.6) is 0 Å². The van der Waals surface area contributed by atoms with Crippen LogP contribution in [0.1, 0.15) is 24.3 Å². The third kappa shape index (κ3) is 2.73. The van der Waals surface area contributed by atoms with Gasteiger partial charge in [0, 0.05) is 11.8 Å². The van der Waals surface area contributed by atoms with Gasteiger partial charge in [-0.3, -0.25) is 0 Å². The summed E-state index contributed by atoms with van der Waals surface area (Å²) in [7, 11) is 0. The van der Waals surface area contributed by atoms with E-state index in [1.807, 2.05) is 47.9 Å². The van der Waals surface area contributed by atoms with Crippen LogP contribution in [0.2, 0.25) is 0 Å². The molecule has 2 heterocycles. The van der Waals surface area contributed by atoms with E-state index < -0.39 is 6.10 Å². The van der Waals surface area contributed by atoms with Crippen molar-refractivity contribution < 1.29 is 5.11 Å². The molecule has 0 fully saturated rings. The highest BCUT2D eigenvalue weighted by molar-refractivity contribution is 5.72. The van der Waals surface area contributed by atoms with E-state index in [1.54, 1.807) is 6.92 Å². The van der Waals surface area contributed by atoms with Crippen molar-refractivity contribution in [2.75, 3.05) is 0 Å². The maximum Gasteiger partial charge on any atom is 0.140 e. The van der Waals surface area contributed by atoms with Crippen LogP contribution < -0.4 is 0 Å². The average molecular weight is 328 g/mol. The number of imidazole rings is 1. The summed E-state index contributed by atoms with van der Waals surface area (Å²) in [6.07, 6.45) is 1.36. The van der Waals surface area contributed by atoms with E-state index in [1.165, 1.54) is 11.1 Å². The number of benzene rings is 2. The van der Waals surface area contributed by atoms with Crippen molar-refractivity contribution in [2.45, 2.75) is 20.0 Å². The number of hydrogen-bond acceptors (Lipinski definition) is 2. The second-order valence-corrected chi connectivity index (χ2v) is 6.35. The van der Waals surface area contributed by atoms with E-state index in [0.717, 1.165) is 28.2 Å². The lowest BCUT2D eigenvalue weighted by Crippen LogP contribution is -1.99. The Labute approximate surface area is 147 Å². The van der Waals surface area contributed by atoms with Crippen LogP contribution in [0, 0.1) is 6.92 Å². The second-order valence-electron chi connectivity index (χ2n) is 6.35. The molecule has 0 radical (unpaired) electrons. The third-order valence-corrected chi connectivity index (χ3v) is 4.54. The van der Waals surface area contributed by atoms with Gasteiger partial charge in [0.2, 0.25) is 0 Å². The van der Waals surface area contributed by atoms with Crippen LogP contribution in [-0.2, 0) is 0 Å². The highest BCUT2D eigenvalue weighted by Crippen LogP contribution is 2.31. The lowest BCUT2D eigenvalue weighted by molar-refractivity contribution is 0.194. The molecule has 2 aromatic carbocycles. The number of fused-ring (bicyclic) bond motifs is 1. The van der Waals surface area contributed by atoms with Crippen molar-refractivity contribution in [1.29, 1.82) is 0 Å². The molecule has 0 spiro atoms. The number of aromatic nitrogens is 2. The van der Waals surface area contributed by atoms with Gasteiger partial charge in [-0.25, -0.2) is 4.98 Å². The fourth-order valence-electron chi connectivity index (χ4n) is 3.29. The molecule has 124 valence electrons. The highest BCUT2D eigenvalue weighted by atomic mass is 16.3. The summed E-state index contributed by atoms with van der Waals surface area (Å²) in [6.45, 7) is 3.82. The molecule has 3 nitrogen and oxygen atoms in total. The van der Waals surface area contributed by atoms with Gasteiger partial charge in [0.25, 0.3) is 0 Å².